The molecule has 2 aromatic carbocycles. The molecule has 15 heteroatoms. The minimum absolute atomic E-state index is 0.0179. The Labute approximate surface area is 205 Å². The van der Waals surface area contributed by atoms with Gasteiger partial charge in [0.25, 0.3) is 11.2 Å². The van der Waals surface area contributed by atoms with E-state index in [0.717, 1.165) is 30.3 Å². The van der Waals surface area contributed by atoms with Crippen LogP contribution in [0, 0.1) is 10.1 Å². The normalized spacial score (nSPS) is 14.8. The maximum absolute atomic E-state index is 13.0. The summed E-state index contributed by atoms with van der Waals surface area (Å²) < 4.78 is 44.1. The number of nitro groups is 1. The second-order valence-electron chi connectivity index (χ2n) is 7.82. The number of anilines is 4. The molecule has 1 aliphatic rings. The summed E-state index contributed by atoms with van der Waals surface area (Å²) in [6.45, 7) is 0. The van der Waals surface area contributed by atoms with E-state index in [-0.39, 0.29) is 40.1 Å². The molecular weight excluding hydrogens is 501 g/mol. The number of non-ortho nitro benzene ring substituents is 1. The first-order chi connectivity index (χ1) is 17.5. The van der Waals surface area contributed by atoms with Crippen LogP contribution in [0.4, 0.5) is 42.0 Å². The molecule has 0 saturated heterocycles. The zero-order valence-electron chi connectivity index (χ0n) is 18.8. The van der Waals surface area contributed by atoms with E-state index in [1.807, 2.05) is 0 Å². The second kappa shape index (κ2) is 9.60. The maximum Gasteiger partial charge on any atom is 0.416 e. The number of rotatable bonds is 6. The first-order valence-electron chi connectivity index (χ1n) is 10.5. The van der Waals surface area contributed by atoms with Gasteiger partial charge >= 0.3 is 6.18 Å². The van der Waals surface area contributed by atoms with Gasteiger partial charge in [0.15, 0.2) is 0 Å². The van der Waals surface area contributed by atoms with E-state index in [9.17, 15) is 37.7 Å². The Bertz CT molecular complexity index is 1470. The Balaban J connectivity index is 1.63. The van der Waals surface area contributed by atoms with Gasteiger partial charge < -0.3 is 20.7 Å². The molecule has 1 aliphatic heterocycles. The number of aromatic nitrogens is 2. The molecule has 0 saturated carbocycles. The molecule has 0 fully saturated rings. The molecule has 4 N–H and O–H groups in total. The van der Waals surface area contributed by atoms with Crippen LogP contribution < -0.4 is 26.2 Å². The molecule has 0 spiro atoms. The number of H-pyrrole nitrogens is 1. The van der Waals surface area contributed by atoms with Crippen molar-refractivity contribution in [2.24, 2.45) is 0 Å². The largest absolute Gasteiger partial charge is 0.494 e. The van der Waals surface area contributed by atoms with Gasteiger partial charge in [0, 0.05) is 18.2 Å². The number of nitrogens with one attached hydrogen (secondary N) is 4. The highest BCUT2D eigenvalue weighted by Crippen LogP contribution is 2.34. The molecule has 2 heterocycles. The van der Waals surface area contributed by atoms with Crippen LogP contribution in [-0.4, -0.2) is 33.8 Å². The molecule has 0 bridgehead atoms. The Hall–Kier alpha value is -4.95. The minimum atomic E-state index is -4.59. The number of alkyl halides is 3. The quantitative estimate of drug-likeness (QED) is 0.284. The first-order valence-corrected chi connectivity index (χ1v) is 10.5. The fourth-order valence-corrected chi connectivity index (χ4v) is 3.68. The number of nitro benzene ring substituents is 1. The maximum atomic E-state index is 13.0. The Morgan fingerprint density at radius 1 is 1.22 bits per heavy atom. The lowest BCUT2D eigenvalue weighted by atomic mass is 9.92. The summed E-state index contributed by atoms with van der Waals surface area (Å²) in [5, 5.41) is 18.4. The standard InChI is InChI=1S/C22H17F3N6O6/c1-37-15-8-12(31(35)36)5-6-14(15)27-19(33)13-9-16(32)28-18-17(13)20(34)30-21(29-18)26-11-4-2-3-10(7-11)22(23,24)25/h2-8,13H,9H2,1H3,(H,27,33)(H3,26,28,29,30,32,34)/t13-/m0/s1. The third-order valence-electron chi connectivity index (χ3n) is 5.37. The summed E-state index contributed by atoms with van der Waals surface area (Å²) in [7, 11) is 1.24. The van der Waals surface area contributed by atoms with E-state index in [0.29, 0.717) is 0 Å². The number of carbonyl (C=O) groups is 2. The average molecular weight is 518 g/mol. The lowest BCUT2D eigenvalue weighted by Crippen LogP contribution is -2.36. The van der Waals surface area contributed by atoms with Crippen LogP contribution >= 0.6 is 0 Å². The van der Waals surface area contributed by atoms with Gasteiger partial charge in [-0.15, -0.1) is 0 Å². The SMILES string of the molecule is COc1cc([N+](=O)[O-])ccc1NC(=O)[C@H]1CC(=O)Nc2nc(Nc3cccc(C(F)(F)F)c3)[nH]c(=O)c21. The number of hydrogen-bond acceptors (Lipinski definition) is 8. The number of nitrogens with zero attached hydrogens (tertiary/aromatic N) is 2. The van der Waals surface area contributed by atoms with Crippen LogP contribution in [-0.2, 0) is 15.8 Å². The Morgan fingerprint density at radius 3 is 2.65 bits per heavy atom. The van der Waals surface area contributed by atoms with E-state index in [4.69, 9.17) is 4.74 Å². The minimum Gasteiger partial charge on any atom is -0.494 e. The number of carbonyl (C=O) groups excluding carboxylic acids is 2. The highest BCUT2D eigenvalue weighted by Gasteiger charge is 2.35. The molecule has 192 valence electrons. The lowest BCUT2D eigenvalue weighted by molar-refractivity contribution is -0.384. The highest BCUT2D eigenvalue weighted by molar-refractivity contribution is 6.05. The predicted octanol–water partition coefficient (Wildman–Crippen LogP) is 3.51. The van der Waals surface area contributed by atoms with Crippen LogP contribution in [0.2, 0.25) is 0 Å². The van der Waals surface area contributed by atoms with Crippen LogP contribution in [0.25, 0.3) is 0 Å². The summed E-state index contributed by atoms with van der Waals surface area (Å²) in [6.07, 6.45) is -4.99. The van der Waals surface area contributed by atoms with E-state index >= 15 is 0 Å². The molecule has 37 heavy (non-hydrogen) atoms. The van der Waals surface area contributed by atoms with Crippen molar-refractivity contribution in [3.63, 3.8) is 0 Å². The van der Waals surface area contributed by atoms with Crippen molar-refractivity contribution in [1.29, 1.82) is 0 Å². The third kappa shape index (κ3) is 5.34. The molecule has 2 amide bonds. The van der Waals surface area contributed by atoms with Gasteiger partial charge in [0.05, 0.1) is 40.8 Å². The van der Waals surface area contributed by atoms with Gasteiger partial charge in [-0.05, 0) is 24.3 Å². The third-order valence-corrected chi connectivity index (χ3v) is 5.37. The van der Waals surface area contributed by atoms with Crippen molar-refractivity contribution in [2.45, 2.75) is 18.5 Å². The fourth-order valence-electron chi connectivity index (χ4n) is 3.68. The number of aromatic amines is 1. The fraction of sp³-hybridized carbons (Fsp3) is 0.182. The van der Waals surface area contributed by atoms with Crippen molar-refractivity contribution < 1.29 is 32.4 Å². The molecule has 0 aliphatic carbocycles. The second-order valence-corrected chi connectivity index (χ2v) is 7.82. The number of benzene rings is 2. The van der Waals surface area contributed by atoms with Gasteiger partial charge in [-0.25, -0.2) is 0 Å². The van der Waals surface area contributed by atoms with Gasteiger partial charge in [-0.1, -0.05) is 6.07 Å². The predicted molar refractivity (Wildman–Crippen MR) is 124 cm³/mol. The molecule has 3 aromatic rings. The van der Waals surface area contributed by atoms with Crippen molar-refractivity contribution >= 4 is 40.6 Å². The van der Waals surface area contributed by atoms with Crippen LogP contribution in [0.15, 0.2) is 47.3 Å². The molecule has 1 atom stereocenters. The number of methoxy groups -OCH3 is 1. The van der Waals surface area contributed by atoms with Crippen molar-refractivity contribution in [1.82, 2.24) is 9.97 Å². The summed E-state index contributed by atoms with van der Waals surface area (Å²) in [5.74, 6) is -3.23. The van der Waals surface area contributed by atoms with Crippen LogP contribution in [0.3, 0.4) is 0 Å². The van der Waals surface area contributed by atoms with Gasteiger partial charge in [0.2, 0.25) is 17.8 Å². The topological polar surface area (TPSA) is 168 Å². The molecule has 0 radical (unpaired) electrons. The zero-order chi connectivity index (χ0) is 26.9. The summed E-state index contributed by atoms with van der Waals surface area (Å²) >= 11 is 0. The van der Waals surface area contributed by atoms with E-state index in [1.54, 1.807) is 0 Å². The van der Waals surface area contributed by atoms with Gasteiger partial charge in [-0.3, -0.25) is 29.5 Å². The molecular formula is C22H17F3N6O6. The smallest absolute Gasteiger partial charge is 0.416 e. The summed E-state index contributed by atoms with van der Waals surface area (Å²) in [5.41, 5.74) is -2.15. The van der Waals surface area contributed by atoms with Crippen LogP contribution in [0.1, 0.15) is 23.5 Å². The van der Waals surface area contributed by atoms with Gasteiger partial charge in [0.1, 0.15) is 11.6 Å². The highest BCUT2D eigenvalue weighted by atomic mass is 19.4. The molecule has 12 nitrogen and oxygen atoms in total. The van der Waals surface area contributed by atoms with E-state index < -0.39 is 46.4 Å². The monoisotopic (exact) mass is 518 g/mol. The van der Waals surface area contributed by atoms with Crippen LogP contribution in [0.5, 0.6) is 5.75 Å². The molecule has 1 aromatic heterocycles. The number of halogens is 3. The zero-order valence-corrected chi connectivity index (χ0v) is 18.8. The van der Waals surface area contributed by atoms with Crippen molar-refractivity contribution in [3.8, 4) is 5.75 Å². The summed E-state index contributed by atoms with van der Waals surface area (Å²) in [6, 6.07) is 7.64. The Morgan fingerprint density at radius 2 is 1.97 bits per heavy atom. The number of amides is 2. The number of fused-ring (bicyclic) bond motifs is 1. The van der Waals surface area contributed by atoms with Crippen molar-refractivity contribution in [2.75, 3.05) is 23.1 Å². The lowest BCUT2D eigenvalue weighted by Gasteiger charge is -2.24. The number of hydrogen-bond donors (Lipinski definition) is 4. The number of ether oxygens (including phenoxy) is 1. The van der Waals surface area contributed by atoms with E-state index in [1.165, 1.54) is 19.2 Å². The Kier molecular flexibility index (Phi) is 6.52. The average Bonchev–Trinajstić information content (AvgIpc) is 2.83. The van der Waals surface area contributed by atoms with Gasteiger partial charge in [-0.2, -0.15) is 18.2 Å². The first kappa shape index (κ1) is 25.2. The van der Waals surface area contributed by atoms with Crippen molar-refractivity contribution in [3.05, 3.63) is 74.1 Å². The van der Waals surface area contributed by atoms with E-state index in [2.05, 4.69) is 25.9 Å². The molecule has 4 rings (SSSR count). The molecule has 0 unspecified atom stereocenters. The summed E-state index contributed by atoms with van der Waals surface area (Å²) in [4.78, 5) is 54.9.